The summed E-state index contributed by atoms with van der Waals surface area (Å²) >= 11 is 0. The number of pyridine rings is 1. The summed E-state index contributed by atoms with van der Waals surface area (Å²) in [6, 6.07) is 2.52. The molecule has 2 rings (SSSR count). The Morgan fingerprint density at radius 3 is 2.80 bits per heavy atom. The van der Waals surface area contributed by atoms with Gasteiger partial charge in [-0.1, -0.05) is 0 Å². The van der Waals surface area contributed by atoms with Crippen molar-refractivity contribution in [2.45, 2.75) is 0 Å². The second-order valence-electron chi connectivity index (χ2n) is 2.75. The number of nitrogens with one attached hydrogen (secondary N) is 1. The van der Waals surface area contributed by atoms with Crippen molar-refractivity contribution in [3.8, 4) is 11.4 Å². The Morgan fingerprint density at radius 2 is 2.20 bits per heavy atom. The molecule has 6 nitrogen and oxygen atoms in total. The van der Waals surface area contributed by atoms with Gasteiger partial charge in [-0.05, 0) is 12.1 Å². The van der Waals surface area contributed by atoms with Gasteiger partial charge in [0, 0.05) is 0 Å². The van der Waals surface area contributed by atoms with Crippen LogP contribution < -0.4 is 0 Å². The highest BCUT2D eigenvalue weighted by molar-refractivity contribution is 5.64. The summed E-state index contributed by atoms with van der Waals surface area (Å²) in [5.74, 6) is -0.499. The van der Waals surface area contributed by atoms with E-state index in [1.54, 1.807) is 0 Å². The van der Waals surface area contributed by atoms with Crippen molar-refractivity contribution < 1.29 is 9.31 Å². The van der Waals surface area contributed by atoms with Crippen molar-refractivity contribution >= 4 is 5.69 Å². The molecule has 0 aliphatic carbocycles. The van der Waals surface area contributed by atoms with Crippen molar-refractivity contribution in [2.24, 2.45) is 0 Å². The van der Waals surface area contributed by atoms with E-state index in [2.05, 4.69) is 15.2 Å². The first-order chi connectivity index (χ1) is 7.18. The summed E-state index contributed by atoms with van der Waals surface area (Å²) in [6.45, 7) is 0. The van der Waals surface area contributed by atoms with Gasteiger partial charge in [-0.3, -0.25) is 20.2 Å². The summed E-state index contributed by atoms with van der Waals surface area (Å²) in [5.41, 5.74) is 0.259. The smallest absolute Gasteiger partial charge is 0.270 e. The number of aromatic amines is 1. The number of H-pyrrole nitrogens is 1. The van der Waals surface area contributed by atoms with Crippen LogP contribution in [0.15, 0.2) is 24.5 Å². The molecule has 0 amide bonds. The summed E-state index contributed by atoms with van der Waals surface area (Å²) in [6.07, 6.45) is 2.07. The molecule has 2 aromatic heterocycles. The molecule has 76 valence electrons. The largest absolute Gasteiger partial charge is 0.316 e. The van der Waals surface area contributed by atoms with Crippen LogP contribution in [-0.2, 0) is 0 Å². The Hall–Kier alpha value is -2.31. The van der Waals surface area contributed by atoms with Gasteiger partial charge in [0.15, 0.2) is 5.69 Å². The maximum atomic E-state index is 12.6. The van der Waals surface area contributed by atoms with E-state index in [0.717, 1.165) is 12.4 Å². The second-order valence-corrected chi connectivity index (χ2v) is 2.75. The van der Waals surface area contributed by atoms with Gasteiger partial charge in [0.2, 0.25) is 0 Å². The zero-order valence-electron chi connectivity index (χ0n) is 7.35. The molecule has 0 fully saturated rings. The third-order valence-electron chi connectivity index (χ3n) is 1.80. The summed E-state index contributed by atoms with van der Waals surface area (Å²) < 4.78 is 12.6. The molecule has 0 aliphatic heterocycles. The monoisotopic (exact) mass is 208 g/mol. The van der Waals surface area contributed by atoms with Crippen LogP contribution in [0.1, 0.15) is 0 Å². The molecule has 2 heterocycles. The Balaban J connectivity index is 2.49. The maximum absolute atomic E-state index is 12.6. The number of hydrogen-bond acceptors (Lipinski definition) is 4. The van der Waals surface area contributed by atoms with Gasteiger partial charge in [-0.15, -0.1) is 0 Å². The lowest BCUT2D eigenvalue weighted by atomic mass is 10.2. The molecule has 15 heavy (non-hydrogen) atoms. The molecule has 0 radical (unpaired) electrons. The molecular formula is C8H5FN4O2. The van der Waals surface area contributed by atoms with Gasteiger partial charge < -0.3 is 0 Å². The van der Waals surface area contributed by atoms with Crippen LogP contribution >= 0.6 is 0 Å². The fourth-order valence-corrected chi connectivity index (χ4v) is 1.13. The molecule has 0 unspecified atom stereocenters. The van der Waals surface area contributed by atoms with Crippen LogP contribution in [0.2, 0.25) is 0 Å². The molecule has 0 saturated carbocycles. The van der Waals surface area contributed by atoms with Crippen LogP contribution in [0.3, 0.4) is 0 Å². The molecular weight excluding hydrogens is 203 g/mol. The summed E-state index contributed by atoms with van der Waals surface area (Å²) in [4.78, 5) is 13.7. The Bertz CT molecular complexity index is 494. The first-order valence-electron chi connectivity index (χ1n) is 3.98. The van der Waals surface area contributed by atoms with E-state index >= 15 is 0 Å². The first-order valence-corrected chi connectivity index (χ1v) is 3.98. The van der Waals surface area contributed by atoms with Crippen LogP contribution in [0.4, 0.5) is 10.1 Å². The highest BCUT2D eigenvalue weighted by atomic mass is 19.1. The van der Waals surface area contributed by atoms with Gasteiger partial charge in [-0.2, -0.15) is 5.10 Å². The molecule has 0 atom stereocenters. The number of halogens is 1. The molecule has 0 spiro atoms. The lowest BCUT2D eigenvalue weighted by Crippen LogP contribution is -1.91. The van der Waals surface area contributed by atoms with Crippen molar-refractivity contribution in [1.29, 1.82) is 0 Å². The number of nitrogens with zero attached hydrogens (tertiary/aromatic N) is 3. The standard InChI is InChI=1S/C8H5FN4O2/c9-5-1-2-6(10-3-5)8-7(13(14)15)4-11-12-8/h1-4H,(H,11,12). The Morgan fingerprint density at radius 1 is 1.40 bits per heavy atom. The van der Waals surface area contributed by atoms with E-state index in [0.29, 0.717) is 0 Å². The second kappa shape index (κ2) is 3.45. The third kappa shape index (κ3) is 1.66. The van der Waals surface area contributed by atoms with Crippen LogP contribution in [0.5, 0.6) is 0 Å². The minimum atomic E-state index is -0.579. The minimum absolute atomic E-state index is 0.167. The van der Waals surface area contributed by atoms with Crippen LogP contribution in [-0.4, -0.2) is 20.1 Å². The van der Waals surface area contributed by atoms with Gasteiger partial charge in [0.1, 0.15) is 12.0 Å². The molecule has 0 aliphatic rings. The lowest BCUT2D eigenvalue weighted by Gasteiger charge is -1.95. The van der Waals surface area contributed by atoms with E-state index in [1.807, 2.05) is 0 Å². The Labute approximate surface area is 82.9 Å². The average molecular weight is 208 g/mol. The van der Waals surface area contributed by atoms with Gasteiger partial charge in [-0.25, -0.2) is 4.39 Å². The van der Waals surface area contributed by atoms with Crippen molar-refractivity contribution in [1.82, 2.24) is 15.2 Å². The predicted molar refractivity (Wildman–Crippen MR) is 48.4 cm³/mol. The fourth-order valence-electron chi connectivity index (χ4n) is 1.13. The summed E-state index contributed by atoms with van der Waals surface area (Å²) in [5, 5.41) is 16.6. The zero-order chi connectivity index (χ0) is 10.8. The van der Waals surface area contributed by atoms with Crippen LogP contribution in [0.25, 0.3) is 11.4 Å². The number of aromatic nitrogens is 3. The molecule has 0 saturated heterocycles. The number of hydrogen-bond donors (Lipinski definition) is 1. The molecule has 7 heteroatoms. The van der Waals surface area contributed by atoms with E-state index in [1.165, 1.54) is 12.1 Å². The van der Waals surface area contributed by atoms with Crippen molar-refractivity contribution in [3.63, 3.8) is 0 Å². The minimum Gasteiger partial charge on any atom is -0.270 e. The predicted octanol–water partition coefficient (Wildman–Crippen LogP) is 1.52. The van der Waals surface area contributed by atoms with E-state index < -0.39 is 10.7 Å². The highest BCUT2D eigenvalue weighted by Gasteiger charge is 2.18. The van der Waals surface area contributed by atoms with Gasteiger partial charge in [0.05, 0.1) is 16.8 Å². The van der Waals surface area contributed by atoms with E-state index in [-0.39, 0.29) is 17.1 Å². The first kappa shape index (κ1) is 9.25. The number of nitro groups is 1. The molecule has 2 aromatic rings. The maximum Gasteiger partial charge on any atom is 0.316 e. The van der Waals surface area contributed by atoms with Gasteiger partial charge in [0.25, 0.3) is 0 Å². The molecule has 0 aromatic carbocycles. The van der Waals surface area contributed by atoms with Gasteiger partial charge >= 0.3 is 5.69 Å². The normalized spacial score (nSPS) is 10.2. The SMILES string of the molecule is O=[N+]([O-])c1cn[nH]c1-c1ccc(F)cn1. The van der Waals surface area contributed by atoms with E-state index in [9.17, 15) is 14.5 Å². The quantitative estimate of drug-likeness (QED) is 0.598. The molecule has 1 N–H and O–H groups in total. The van der Waals surface area contributed by atoms with Crippen molar-refractivity contribution in [2.75, 3.05) is 0 Å². The van der Waals surface area contributed by atoms with Crippen LogP contribution in [0, 0.1) is 15.9 Å². The van der Waals surface area contributed by atoms with Crippen molar-refractivity contribution in [3.05, 3.63) is 40.5 Å². The average Bonchev–Trinajstić information content (AvgIpc) is 2.67. The zero-order valence-corrected chi connectivity index (χ0v) is 7.35. The third-order valence-corrected chi connectivity index (χ3v) is 1.80. The summed E-state index contributed by atoms with van der Waals surface area (Å²) in [7, 11) is 0. The topological polar surface area (TPSA) is 84.7 Å². The number of rotatable bonds is 2. The lowest BCUT2D eigenvalue weighted by molar-refractivity contribution is -0.384. The highest BCUT2D eigenvalue weighted by Crippen LogP contribution is 2.24. The van der Waals surface area contributed by atoms with E-state index in [4.69, 9.17) is 0 Å². The fraction of sp³-hybridized carbons (Fsp3) is 0. The molecule has 0 bridgehead atoms. The Kier molecular flexibility index (Phi) is 2.13.